The number of rotatable bonds is 7. The van der Waals surface area contributed by atoms with Crippen LogP contribution in [-0.2, 0) is 17.6 Å². The van der Waals surface area contributed by atoms with Crippen LogP contribution < -0.4 is 10.6 Å². The number of carbonyl (C=O) groups is 1. The number of benzene rings is 1. The average molecular weight is 349 g/mol. The minimum atomic E-state index is -0.102. The van der Waals surface area contributed by atoms with Crippen LogP contribution in [0, 0.1) is 0 Å². The number of carbonyl (C=O) groups excluding carboxylic acids is 1. The van der Waals surface area contributed by atoms with Crippen molar-refractivity contribution in [3.8, 4) is 5.75 Å². The second-order valence-corrected chi connectivity index (χ2v) is 5.64. The van der Waals surface area contributed by atoms with Crippen molar-refractivity contribution in [3.63, 3.8) is 0 Å². The first-order valence-corrected chi connectivity index (χ1v) is 8.23. The molecule has 3 rings (SSSR count). The van der Waals surface area contributed by atoms with Crippen LogP contribution in [0.1, 0.15) is 11.4 Å². The maximum absolute atomic E-state index is 12.1. The summed E-state index contributed by atoms with van der Waals surface area (Å²) >= 11 is 0. The van der Waals surface area contributed by atoms with Crippen LogP contribution in [0.2, 0.25) is 0 Å². The largest absolute Gasteiger partial charge is 0.508 e. The van der Waals surface area contributed by atoms with Crippen molar-refractivity contribution < 1.29 is 9.90 Å². The monoisotopic (exact) mass is 349 g/mol. The summed E-state index contributed by atoms with van der Waals surface area (Å²) in [7, 11) is 0. The SMILES string of the molecule is O=C(Cc1ccnc(Nc2ccc(O)cc2)n1)NCCc1ccccn1. The summed E-state index contributed by atoms with van der Waals surface area (Å²) in [6.07, 6.45) is 4.20. The Morgan fingerprint density at radius 1 is 0.962 bits per heavy atom. The molecular weight excluding hydrogens is 330 g/mol. The Bertz CT molecular complexity index is 853. The number of phenols is 1. The van der Waals surface area contributed by atoms with Crippen molar-refractivity contribution in [1.82, 2.24) is 20.3 Å². The maximum atomic E-state index is 12.1. The zero-order valence-corrected chi connectivity index (χ0v) is 14.1. The van der Waals surface area contributed by atoms with E-state index in [9.17, 15) is 9.90 Å². The molecule has 1 aromatic carbocycles. The lowest BCUT2D eigenvalue weighted by Gasteiger charge is -2.07. The number of aromatic nitrogens is 3. The molecule has 7 heteroatoms. The smallest absolute Gasteiger partial charge is 0.227 e. The van der Waals surface area contributed by atoms with Gasteiger partial charge < -0.3 is 15.7 Å². The number of phenolic OH excluding ortho intramolecular Hbond substituents is 1. The molecular formula is C19H19N5O2. The first-order chi connectivity index (χ1) is 12.7. The maximum Gasteiger partial charge on any atom is 0.227 e. The van der Waals surface area contributed by atoms with Crippen LogP contribution in [0.15, 0.2) is 60.9 Å². The zero-order chi connectivity index (χ0) is 18.2. The topological polar surface area (TPSA) is 100 Å². The fourth-order valence-electron chi connectivity index (χ4n) is 2.33. The van der Waals surface area contributed by atoms with Crippen LogP contribution in [0.25, 0.3) is 0 Å². The third kappa shape index (κ3) is 5.27. The van der Waals surface area contributed by atoms with Crippen LogP contribution >= 0.6 is 0 Å². The summed E-state index contributed by atoms with van der Waals surface area (Å²) in [5.74, 6) is 0.484. The summed E-state index contributed by atoms with van der Waals surface area (Å²) < 4.78 is 0. The van der Waals surface area contributed by atoms with E-state index in [1.54, 1.807) is 42.7 Å². The fraction of sp³-hybridized carbons (Fsp3) is 0.158. The molecule has 0 saturated carbocycles. The summed E-state index contributed by atoms with van der Waals surface area (Å²) in [6.45, 7) is 0.527. The number of pyridine rings is 1. The van der Waals surface area contributed by atoms with Crippen molar-refractivity contribution in [1.29, 1.82) is 0 Å². The molecule has 0 aliphatic carbocycles. The van der Waals surface area contributed by atoms with Gasteiger partial charge in [0.1, 0.15) is 5.75 Å². The van der Waals surface area contributed by atoms with Crippen LogP contribution in [0.4, 0.5) is 11.6 Å². The van der Waals surface area contributed by atoms with Gasteiger partial charge in [0.2, 0.25) is 11.9 Å². The van der Waals surface area contributed by atoms with Gasteiger partial charge in [0, 0.05) is 36.7 Å². The molecule has 1 amide bonds. The zero-order valence-electron chi connectivity index (χ0n) is 14.1. The minimum absolute atomic E-state index is 0.102. The van der Waals surface area contributed by atoms with E-state index in [-0.39, 0.29) is 18.1 Å². The lowest BCUT2D eigenvalue weighted by atomic mass is 10.2. The molecule has 26 heavy (non-hydrogen) atoms. The molecule has 7 nitrogen and oxygen atoms in total. The van der Waals surface area contributed by atoms with Crippen molar-refractivity contribution in [2.24, 2.45) is 0 Å². The molecule has 3 N–H and O–H groups in total. The number of nitrogens with one attached hydrogen (secondary N) is 2. The van der Waals surface area contributed by atoms with Crippen LogP contribution in [0.3, 0.4) is 0 Å². The van der Waals surface area contributed by atoms with Crippen LogP contribution in [0.5, 0.6) is 5.75 Å². The quantitative estimate of drug-likeness (QED) is 0.566. The summed E-state index contributed by atoms with van der Waals surface area (Å²) in [6, 6.07) is 14.0. The van der Waals surface area contributed by atoms with E-state index in [1.165, 1.54) is 0 Å². The number of anilines is 2. The normalized spacial score (nSPS) is 10.3. The third-order valence-electron chi connectivity index (χ3n) is 3.61. The minimum Gasteiger partial charge on any atom is -0.508 e. The highest BCUT2D eigenvalue weighted by Crippen LogP contribution is 2.16. The molecule has 2 heterocycles. The van der Waals surface area contributed by atoms with Crippen molar-refractivity contribution in [3.05, 3.63) is 72.3 Å². The van der Waals surface area contributed by atoms with Crippen molar-refractivity contribution in [2.75, 3.05) is 11.9 Å². The Hall–Kier alpha value is -3.48. The Morgan fingerprint density at radius 3 is 2.58 bits per heavy atom. The molecule has 0 fully saturated rings. The van der Waals surface area contributed by atoms with Gasteiger partial charge in [0.15, 0.2) is 0 Å². The van der Waals surface area contributed by atoms with E-state index in [1.807, 2.05) is 18.2 Å². The molecule has 0 bridgehead atoms. The molecule has 132 valence electrons. The summed E-state index contributed by atoms with van der Waals surface area (Å²) in [5.41, 5.74) is 2.31. The number of amides is 1. The number of nitrogens with zero attached hydrogens (tertiary/aromatic N) is 3. The molecule has 0 atom stereocenters. The molecule has 0 aliphatic rings. The highest BCUT2D eigenvalue weighted by Gasteiger charge is 2.06. The highest BCUT2D eigenvalue weighted by molar-refractivity contribution is 5.78. The van der Waals surface area contributed by atoms with Gasteiger partial charge in [-0.1, -0.05) is 6.07 Å². The first kappa shape index (κ1) is 17.3. The third-order valence-corrected chi connectivity index (χ3v) is 3.61. The summed E-state index contributed by atoms with van der Waals surface area (Å²) in [5, 5.41) is 15.2. The van der Waals surface area contributed by atoms with Gasteiger partial charge in [-0.15, -0.1) is 0 Å². The fourth-order valence-corrected chi connectivity index (χ4v) is 2.33. The Balaban J connectivity index is 1.51. The molecule has 0 saturated heterocycles. The molecule has 0 aliphatic heterocycles. The average Bonchev–Trinajstić information content (AvgIpc) is 2.65. The van der Waals surface area contributed by atoms with Gasteiger partial charge in [-0.3, -0.25) is 9.78 Å². The predicted molar refractivity (Wildman–Crippen MR) is 98.1 cm³/mol. The standard InChI is InChI=1S/C19H19N5O2/c25-17-6-4-15(5-7-17)23-19-22-12-9-16(24-19)13-18(26)21-11-8-14-3-1-2-10-20-14/h1-7,9-10,12,25H,8,11,13H2,(H,21,26)(H,22,23,24). The molecule has 0 spiro atoms. The first-order valence-electron chi connectivity index (χ1n) is 8.23. The van der Waals surface area contributed by atoms with Crippen molar-refractivity contribution >= 4 is 17.5 Å². The lowest BCUT2D eigenvalue weighted by Crippen LogP contribution is -2.27. The Labute approximate surface area is 151 Å². The summed E-state index contributed by atoms with van der Waals surface area (Å²) in [4.78, 5) is 24.8. The highest BCUT2D eigenvalue weighted by atomic mass is 16.3. The van der Waals surface area contributed by atoms with Crippen LogP contribution in [-0.4, -0.2) is 32.5 Å². The molecule has 2 aromatic heterocycles. The second kappa shape index (κ2) is 8.57. The van der Waals surface area contributed by atoms with Gasteiger partial charge in [-0.2, -0.15) is 0 Å². The van der Waals surface area contributed by atoms with Crippen molar-refractivity contribution in [2.45, 2.75) is 12.8 Å². The number of hydrogen-bond donors (Lipinski definition) is 3. The molecule has 0 unspecified atom stereocenters. The van der Waals surface area contributed by atoms with E-state index in [4.69, 9.17) is 0 Å². The molecule has 3 aromatic rings. The van der Waals surface area contributed by atoms with E-state index >= 15 is 0 Å². The van der Waals surface area contributed by atoms with Gasteiger partial charge >= 0.3 is 0 Å². The number of aromatic hydroxyl groups is 1. The van der Waals surface area contributed by atoms with E-state index in [0.717, 1.165) is 11.4 Å². The van der Waals surface area contributed by atoms with E-state index < -0.39 is 0 Å². The predicted octanol–water partition coefficient (Wildman–Crippen LogP) is 2.22. The second-order valence-electron chi connectivity index (χ2n) is 5.64. The van der Waals surface area contributed by atoms with E-state index in [2.05, 4.69) is 25.6 Å². The lowest BCUT2D eigenvalue weighted by molar-refractivity contribution is -0.120. The van der Waals surface area contributed by atoms with Gasteiger partial charge in [0.25, 0.3) is 0 Å². The van der Waals surface area contributed by atoms with E-state index in [0.29, 0.717) is 24.6 Å². The number of hydrogen-bond acceptors (Lipinski definition) is 6. The Morgan fingerprint density at radius 2 is 1.81 bits per heavy atom. The van der Waals surface area contributed by atoms with Gasteiger partial charge in [-0.25, -0.2) is 9.97 Å². The van der Waals surface area contributed by atoms with Gasteiger partial charge in [0.05, 0.1) is 12.1 Å². The van der Waals surface area contributed by atoms with Gasteiger partial charge in [-0.05, 0) is 42.5 Å². The Kier molecular flexibility index (Phi) is 5.72. The molecule has 0 radical (unpaired) electrons.